The van der Waals surface area contributed by atoms with E-state index in [4.69, 9.17) is 0 Å². The number of fused-ring (bicyclic) bond motifs is 2. The molecule has 9 rings (SSSR count). The number of hydrogen-bond acceptors (Lipinski definition) is 8. The molecule has 7 aromatic rings. The van der Waals surface area contributed by atoms with Crippen LogP contribution in [0.25, 0.3) is 5.69 Å². The van der Waals surface area contributed by atoms with E-state index in [1.165, 1.54) is 0 Å². The van der Waals surface area contributed by atoms with Crippen LogP contribution in [-0.2, 0) is 13.1 Å². The van der Waals surface area contributed by atoms with Gasteiger partial charge >= 0.3 is 0 Å². The van der Waals surface area contributed by atoms with E-state index in [2.05, 4.69) is 31.2 Å². The average molecular weight is 751 g/mol. The van der Waals surface area contributed by atoms with Gasteiger partial charge in [-0.05, 0) is 110 Å². The molecule has 11 heteroatoms. The Morgan fingerprint density at radius 1 is 0.561 bits per heavy atom. The van der Waals surface area contributed by atoms with E-state index >= 15 is 0 Å². The number of nitrogens with zero attached hydrogens (tertiary/aromatic N) is 5. The second-order valence-electron chi connectivity index (χ2n) is 14.3. The summed E-state index contributed by atoms with van der Waals surface area (Å²) in [5, 5.41) is 13.6. The average Bonchev–Trinajstić information content (AvgIpc) is 3.73. The third-order valence-corrected chi connectivity index (χ3v) is 10.3. The van der Waals surface area contributed by atoms with Crippen molar-refractivity contribution >= 4 is 63.0 Å². The maximum absolute atomic E-state index is 13.6. The molecule has 2 aliphatic heterocycles. The van der Waals surface area contributed by atoms with Crippen LogP contribution in [0.2, 0.25) is 0 Å². The molecule has 57 heavy (non-hydrogen) atoms. The first-order chi connectivity index (χ1) is 27.8. The van der Waals surface area contributed by atoms with Gasteiger partial charge in [-0.1, -0.05) is 18.2 Å². The predicted molar refractivity (Wildman–Crippen MR) is 226 cm³/mol. The molecule has 2 amide bonds. The molecule has 0 saturated carbocycles. The van der Waals surface area contributed by atoms with Crippen molar-refractivity contribution in [1.29, 1.82) is 0 Å². The van der Waals surface area contributed by atoms with Crippen LogP contribution >= 0.6 is 0 Å². The zero-order valence-corrected chi connectivity index (χ0v) is 31.7. The minimum absolute atomic E-state index is 0.00389. The van der Waals surface area contributed by atoms with Crippen LogP contribution in [0.5, 0.6) is 0 Å². The highest BCUT2D eigenvalue weighted by Crippen LogP contribution is 2.34. The van der Waals surface area contributed by atoms with E-state index in [0.29, 0.717) is 24.2 Å². The summed E-state index contributed by atoms with van der Waals surface area (Å²) < 4.78 is 2.02. The smallest absolute Gasteiger partial charge is 0.259 e. The van der Waals surface area contributed by atoms with Gasteiger partial charge in [0.15, 0.2) is 12.4 Å². The molecule has 0 aliphatic carbocycles. The number of carbonyl (C=O) groups is 2. The lowest BCUT2D eigenvalue weighted by Gasteiger charge is -2.17. The Hall–Kier alpha value is -7.53. The molecule has 0 bridgehead atoms. The number of nitrogens with one attached hydrogen (secondary N) is 4. The first-order valence-electron chi connectivity index (χ1n) is 18.8. The van der Waals surface area contributed by atoms with Crippen molar-refractivity contribution in [3.63, 3.8) is 0 Å². The summed E-state index contributed by atoms with van der Waals surface area (Å²) in [6.45, 7) is 4.92. The lowest BCUT2D eigenvalue weighted by Crippen LogP contribution is -2.30. The van der Waals surface area contributed by atoms with E-state index in [1.807, 2.05) is 169 Å². The van der Waals surface area contributed by atoms with Crippen LogP contribution in [-0.4, -0.2) is 28.8 Å². The van der Waals surface area contributed by atoms with Gasteiger partial charge in [-0.15, -0.1) is 0 Å². The Morgan fingerprint density at radius 3 is 1.96 bits per heavy atom. The molecule has 0 atom stereocenters. The molecule has 0 spiro atoms. The van der Waals surface area contributed by atoms with Crippen molar-refractivity contribution in [2.75, 3.05) is 38.1 Å². The number of pyridine rings is 3. The largest absolute Gasteiger partial charge is 0.388 e. The van der Waals surface area contributed by atoms with Crippen molar-refractivity contribution in [3.05, 3.63) is 174 Å². The zero-order valence-electron chi connectivity index (χ0n) is 31.7. The minimum Gasteiger partial charge on any atom is -0.388 e. The molecule has 3 aromatic heterocycles. The number of rotatable bonds is 10. The summed E-state index contributed by atoms with van der Waals surface area (Å²) in [6, 6.07) is 37.5. The number of carbonyl (C=O) groups excluding carboxylic acids is 2. The van der Waals surface area contributed by atoms with Crippen molar-refractivity contribution in [2.45, 2.75) is 26.9 Å². The Morgan fingerprint density at radius 2 is 1.19 bits per heavy atom. The maximum Gasteiger partial charge on any atom is 0.259 e. The van der Waals surface area contributed by atoms with Crippen LogP contribution in [0, 0.1) is 13.8 Å². The number of aromatic nitrogens is 3. The quantitative estimate of drug-likeness (QED) is 0.102. The topological polar surface area (TPSA) is 118 Å². The van der Waals surface area contributed by atoms with Crippen LogP contribution in [0.3, 0.4) is 0 Å². The van der Waals surface area contributed by atoms with Gasteiger partial charge in [0.05, 0.1) is 18.8 Å². The molecule has 4 N–H and O–H groups in total. The van der Waals surface area contributed by atoms with Crippen molar-refractivity contribution in [3.8, 4) is 5.69 Å². The number of amides is 2. The Labute approximate surface area is 330 Å². The summed E-state index contributed by atoms with van der Waals surface area (Å²) in [7, 11) is 1.87. The highest BCUT2D eigenvalue weighted by molar-refractivity contribution is 6.11. The monoisotopic (exact) mass is 750 g/mol. The number of anilines is 9. The van der Waals surface area contributed by atoms with E-state index in [0.717, 1.165) is 79.4 Å². The molecule has 4 aromatic carbocycles. The first-order valence-corrected chi connectivity index (χ1v) is 18.8. The number of hydrogen-bond donors (Lipinski definition) is 4. The Kier molecular flexibility index (Phi) is 9.02. The molecular weight excluding hydrogens is 711 g/mol. The van der Waals surface area contributed by atoms with Gasteiger partial charge in [-0.25, -0.2) is 0 Å². The zero-order chi connectivity index (χ0) is 39.0. The fourth-order valence-electron chi connectivity index (χ4n) is 7.42. The van der Waals surface area contributed by atoms with Crippen molar-refractivity contribution in [1.82, 2.24) is 9.97 Å². The van der Waals surface area contributed by atoms with Gasteiger partial charge in [-0.2, -0.15) is 4.57 Å². The molecular formula is C46H40N9O2+. The lowest BCUT2D eigenvalue weighted by atomic mass is 10.1. The third kappa shape index (κ3) is 7.09. The fraction of sp³-hybridized carbons (Fsp3) is 0.109. The Bertz CT molecular complexity index is 2700. The highest BCUT2D eigenvalue weighted by Gasteiger charge is 2.30. The molecule has 0 radical (unpaired) electrons. The fourth-order valence-corrected chi connectivity index (χ4v) is 7.42. The molecule has 11 nitrogen and oxygen atoms in total. The second-order valence-corrected chi connectivity index (χ2v) is 14.3. The molecule has 0 saturated heterocycles. The second kappa shape index (κ2) is 14.6. The van der Waals surface area contributed by atoms with Crippen molar-refractivity contribution < 1.29 is 14.2 Å². The van der Waals surface area contributed by atoms with Gasteiger partial charge in [-0.3, -0.25) is 19.6 Å². The molecule has 2 aliphatic rings. The van der Waals surface area contributed by atoms with Crippen LogP contribution in [0.1, 0.15) is 43.2 Å². The summed E-state index contributed by atoms with van der Waals surface area (Å²) in [5.41, 5.74) is 14.0. The van der Waals surface area contributed by atoms with Gasteiger partial charge in [0.2, 0.25) is 0 Å². The highest BCUT2D eigenvalue weighted by atomic mass is 16.2. The normalized spacial score (nSPS) is 13.0. The summed E-state index contributed by atoms with van der Waals surface area (Å²) in [6.07, 6.45) is 7.60. The maximum atomic E-state index is 13.6. The van der Waals surface area contributed by atoms with Gasteiger partial charge in [0.25, 0.3) is 17.5 Å². The summed E-state index contributed by atoms with van der Waals surface area (Å²) >= 11 is 0. The molecule has 0 unspecified atom stereocenters. The number of benzene rings is 4. The van der Waals surface area contributed by atoms with Crippen LogP contribution in [0.4, 0.5) is 51.2 Å². The van der Waals surface area contributed by atoms with E-state index < -0.39 is 0 Å². The lowest BCUT2D eigenvalue weighted by molar-refractivity contribution is -0.595. The molecule has 5 heterocycles. The van der Waals surface area contributed by atoms with Crippen molar-refractivity contribution in [2.24, 2.45) is 0 Å². The summed E-state index contributed by atoms with van der Waals surface area (Å²) in [4.78, 5) is 39.5. The van der Waals surface area contributed by atoms with Crippen LogP contribution in [0.15, 0.2) is 140 Å². The van der Waals surface area contributed by atoms with E-state index in [-0.39, 0.29) is 11.8 Å². The standard InChI is InChI=1S/C46H39N9O2/c1-29-20-38(14-17-48-29)51-37-11-10-31-27-54(46(57)42(31)25-37)40-9-5-7-35(24-40)50-33-15-18-53(19-16-33)44-26-49-30(2)21-43(44)52-36-12-13-41-32(22-36)28-55(45(41)56)39-8-4-6-34(23-39)47-3/h4-26,47H,27-28H2,1-3H3,(H2,48,49,51,52,56)/p+1. The molecule has 0 fully saturated rings. The predicted octanol–water partition coefficient (Wildman–Crippen LogP) is 8.96. The molecule has 280 valence electrons. The van der Waals surface area contributed by atoms with Gasteiger partial charge in [0, 0.05) is 87.7 Å². The Balaban J connectivity index is 0.887. The van der Waals surface area contributed by atoms with Crippen LogP contribution < -0.4 is 35.6 Å². The SMILES string of the molecule is CNc1cccc(N2Cc3cc(Nc4cc(C)ncc4-[n+]4ccc(Nc5cccc(N6Cc7ccc(Nc8ccnc(C)c8)cc7C6=O)c5)cc4)ccc3C2=O)c1. The summed E-state index contributed by atoms with van der Waals surface area (Å²) in [5.74, 6) is -0.0322. The van der Waals surface area contributed by atoms with Gasteiger partial charge < -0.3 is 31.1 Å². The van der Waals surface area contributed by atoms with E-state index in [9.17, 15) is 9.59 Å². The number of aryl methyl sites for hydroxylation is 2. The van der Waals surface area contributed by atoms with E-state index in [1.54, 1.807) is 6.20 Å². The third-order valence-electron chi connectivity index (χ3n) is 10.3. The first kappa shape index (κ1) is 35.2. The van der Waals surface area contributed by atoms with Gasteiger partial charge in [0.1, 0.15) is 11.9 Å². The minimum atomic E-state index is -0.0283.